The maximum atomic E-state index is 11.0. The normalized spacial score (nSPS) is 14.5. The van der Waals surface area contributed by atoms with Gasteiger partial charge in [0.15, 0.2) is 5.75 Å². The number of primary amides is 1. The maximum Gasteiger partial charge on any atom is 0.410 e. The molecule has 7 nitrogen and oxygen atoms in total. The summed E-state index contributed by atoms with van der Waals surface area (Å²) in [7, 11) is 0. The molecule has 0 radical (unpaired) electrons. The van der Waals surface area contributed by atoms with Crippen molar-refractivity contribution in [3.63, 3.8) is 0 Å². The van der Waals surface area contributed by atoms with Gasteiger partial charge >= 0.3 is 6.09 Å². The molecule has 0 spiro atoms. The van der Waals surface area contributed by atoms with Crippen LogP contribution < -0.4 is 15.2 Å². The van der Waals surface area contributed by atoms with Crippen LogP contribution in [0.1, 0.15) is 12.8 Å². The fourth-order valence-electron chi connectivity index (χ4n) is 3.34. The van der Waals surface area contributed by atoms with E-state index in [4.69, 9.17) is 15.2 Å². The third-order valence-corrected chi connectivity index (χ3v) is 4.69. The lowest BCUT2D eigenvalue weighted by Crippen LogP contribution is -2.25. The van der Waals surface area contributed by atoms with Crippen LogP contribution in [0.5, 0.6) is 11.5 Å². The molecule has 0 unspecified atom stereocenters. The summed E-state index contributed by atoms with van der Waals surface area (Å²) in [6.45, 7) is 4.01. The lowest BCUT2D eigenvalue weighted by Gasteiger charge is -2.14. The minimum atomic E-state index is -0.859. The number of fused-ring (bicyclic) bond motifs is 1. The Labute approximate surface area is 157 Å². The zero-order valence-electron chi connectivity index (χ0n) is 15.0. The van der Waals surface area contributed by atoms with Gasteiger partial charge in [0, 0.05) is 12.1 Å². The molecule has 2 heterocycles. The van der Waals surface area contributed by atoms with Crippen LogP contribution in [0.2, 0.25) is 0 Å². The summed E-state index contributed by atoms with van der Waals surface area (Å²) in [5, 5.41) is 0. The quantitative estimate of drug-likeness (QED) is 0.699. The predicted molar refractivity (Wildman–Crippen MR) is 103 cm³/mol. The summed E-state index contributed by atoms with van der Waals surface area (Å²) in [5.41, 5.74) is 7.37. The van der Waals surface area contributed by atoms with Gasteiger partial charge in [-0.2, -0.15) is 0 Å². The second kappa shape index (κ2) is 7.67. The number of hydrogen-bond donors (Lipinski definition) is 2. The minimum Gasteiger partial charge on any atom is -0.492 e. The van der Waals surface area contributed by atoms with Gasteiger partial charge in [-0.3, -0.25) is 4.90 Å². The second-order valence-electron chi connectivity index (χ2n) is 6.58. The van der Waals surface area contributed by atoms with Gasteiger partial charge in [-0.25, -0.2) is 9.78 Å². The highest BCUT2D eigenvalue weighted by Crippen LogP contribution is 2.28. The van der Waals surface area contributed by atoms with E-state index in [2.05, 4.69) is 14.9 Å². The van der Waals surface area contributed by atoms with Gasteiger partial charge in [0.1, 0.15) is 23.7 Å². The SMILES string of the molecule is NC(=O)Oc1cccc2[nH]c(-c3ccc(OCCN4CCCC4)cc3)nc12. The molecule has 2 aromatic carbocycles. The summed E-state index contributed by atoms with van der Waals surface area (Å²) in [5.74, 6) is 1.87. The standard InChI is InChI=1S/C20H22N4O3/c21-20(25)27-17-5-3-4-16-18(17)23-19(22-16)14-6-8-15(9-7-14)26-13-12-24-10-1-2-11-24/h3-9H,1-2,10-13H2,(H2,21,25)(H,22,23). The molecule has 140 valence electrons. The van der Waals surface area contributed by atoms with Crippen LogP contribution in [-0.4, -0.2) is 47.2 Å². The van der Waals surface area contributed by atoms with Crippen molar-refractivity contribution < 1.29 is 14.3 Å². The zero-order valence-corrected chi connectivity index (χ0v) is 15.0. The van der Waals surface area contributed by atoms with Gasteiger partial charge in [0.25, 0.3) is 0 Å². The minimum absolute atomic E-state index is 0.337. The molecule has 4 rings (SSSR count). The zero-order chi connectivity index (χ0) is 18.6. The highest BCUT2D eigenvalue weighted by Gasteiger charge is 2.12. The number of imidazole rings is 1. The van der Waals surface area contributed by atoms with Crippen molar-refractivity contribution in [2.45, 2.75) is 12.8 Å². The molecular weight excluding hydrogens is 344 g/mol. The van der Waals surface area contributed by atoms with Crippen molar-refractivity contribution in [3.8, 4) is 22.9 Å². The van der Waals surface area contributed by atoms with Crippen molar-refractivity contribution in [1.82, 2.24) is 14.9 Å². The summed E-state index contributed by atoms with van der Waals surface area (Å²) >= 11 is 0. The fraction of sp³-hybridized carbons (Fsp3) is 0.300. The Morgan fingerprint density at radius 3 is 2.67 bits per heavy atom. The largest absolute Gasteiger partial charge is 0.492 e. The summed E-state index contributed by atoms with van der Waals surface area (Å²) < 4.78 is 10.9. The number of rotatable bonds is 6. The number of aromatic nitrogens is 2. The van der Waals surface area contributed by atoms with Crippen molar-refractivity contribution in [1.29, 1.82) is 0 Å². The van der Waals surface area contributed by atoms with Crippen molar-refractivity contribution in [3.05, 3.63) is 42.5 Å². The molecule has 3 aromatic rings. The van der Waals surface area contributed by atoms with E-state index >= 15 is 0 Å². The number of H-pyrrole nitrogens is 1. The van der Waals surface area contributed by atoms with E-state index in [1.165, 1.54) is 25.9 Å². The molecule has 1 aromatic heterocycles. The molecule has 7 heteroatoms. The maximum absolute atomic E-state index is 11.0. The number of para-hydroxylation sites is 1. The number of amides is 1. The second-order valence-corrected chi connectivity index (χ2v) is 6.58. The lowest BCUT2D eigenvalue weighted by molar-refractivity contribution is 0.211. The van der Waals surface area contributed by atoms with E-state index in [0.717, 1.165) is 23.4 Å². The average Bonchev–Trinajstić information content (AvgIpc) is 3.32. The van der Waals surface area contributed by atoms with Crippen molar-refractivity contribution in [2.24, 2.45) is 5.73 Å². The first-order valence-corrected chi connectivity index (χ1v) is 9.11. The van der Waals surface area contributed by atoms with Crippen LogP contribution in [0.3, 0.4) is 0 Å². The van der Waals surface area contributed by atoms with Crippen molar-refractivity contribution >= 4 is 17.1 Å². The highest BCUT2D eigenvalue weighted by atomic mass is 16.5. The van der Waals surface area contributed by atoms with Gasteiger partial charge in [0.2, 0.25) is 0 Å². The summed E-state index contributed by atoms with van der Waals surface area (Å²) in [6.07, 6.45) is 1.72. The third-order valence-electron chi connectivity index (χ3n) is 4.69. The van der Waals surface area contributed by atoms with E-state index in [-0.39, 0.29) is 0 Å². The van der Waals surface area contributed by atoms with E-state index in [9.17, 15) is 4.79 Å². The lowest BCUT2D eigenvalue weighted by atomic mass is 10.2. The first-order chi connectivity index (χ1) is 13.2. The number of likely N-dealkylation sites (tertiary alicyclic amines) is 1. The Balaban J connectivity index is 1.45. The first kappa shape index (κ1) is 17.4. The molecule has 0 atom stereocenters. The number of nitrogens with one attached hydrogen (secondary N) is 1. The monoisotopic (exact) mass is 366 g/mol. The number of nitrogens with two attached hydrogens (primary N) is 1. The molecule has 1 saturated heterocycles. The summed E-state index contributed by atoms with van der Waals surface area (Å²) in [6, 6.07) is 13.1. The molecule has 1 amide bonds. The van der Waals surface area contributed by atoms with Gasteiger partial charge in [-0.05, 0) is 62.3 Å². The smallest absolute Gasteiger partial charge is 0.410 e. The fourth-order valence-corrected chi connectivity index (χ4v) is 3.34. The first-order valence-electron chi connectivity index (χ1n) is 9.11. The van der Waals surface area contributed by atoms with Gasteiger partial charge in [0.05, 0.1) is 5.52 Å². The number of carbonyl (C=O) groups is 1. The van der Waals surface area contributed by atoms with Crippen LogP contribution in [-0.2, 0) is 0 Å². The molecule has 0 bridgehead atoms. The molecule has 0 aliphatic carbocycles. The van der Waals surface area contributed by atoms with Gasteiger partial charge < -0.3 is 20.2 Å². The number of carbonyl (C=O) groups excluding carboxylic acids is 1. The number of benzene rings is 2. The average molecular weight is 366 g/mol. The Morgan fingerprint density at radius 1 is 1.15 bits per heavy atom. The van der Waals surface area contributed by atoms with E-state index < -0.39 is 6.09 Å². The predicted octanol–water partition coefficient (Wildman–Crippen LogP) is 3.16. The van der Waals surface area contributed by atoms with Crippen LogP contribution in [0.25, 0.3) is 22.4 Å². The Kier molecular flexibility index (Phi) is 4.93. The molecule has 1 fully saturated rings. The Hall–Kier alpha value is -3.06. The molecular formula is C20H22N4O3. The molecule has 27 heavy (non-hydrogen) atoms. The Morgan fingerprint density at radius 2 is 1.93 bits per heavy atom. The van der Waals surface area contributed by atoms with Gasteiger partial charge in [-0.1, -0.05) is 6.07 Å². The van der Waals surface area contributed by atoms with E-state index in [1.54, 1.807) is 12.1 Å². The molecule has 3 N–H and O–H groups in total. The molecule has 1 aliphatic heterocycles. The highest BCUT2D eigenvalue weighted by molar-refractivity contribution is 5.87. The molecule has 1 aliphatic rings. The van der Waals surface area contributed by atoms with Crippen LogP contribution in [0.15, 0.2) is 42.5 Å². The number of hydrogen-bond acceptors (Lipinski definition) is 5. The summed E-state index contributed by atoms with van der Waals surface area (Å²) in [4.78, 5) is 21.2. The van der Waals surface area contributed by atoms with Crippen LogP contribution in [0.4, 0.5) is 4.79 Å². The third kappa shape index (κ3) is 4.03. The van der Waals surface area contributed by atoms with Crippen molar-refractivity contribution in [2.75, 3.05) is 26.2 Å². The number of nitrogens with zero attached hydrogens (tertiary/aromatic N) is 2. The van der Waals surface area contributed by atoms with Gasteiger partial charge in [-0.15, -0.1) is 0 Å². The van der Waals surface area contributed by atoms with Crippen LogP contribution >= 0.6 is 0 Å². The molecule has 0 saturated carbocycles. The van der Waals surface area contributed by atoms with Crippen LogP contribution in [0, 0.1) is 0 Å². The Bertz CT molecular complexity index is 930. The van der Waals surface area contributed by atoms with E-state index in [0.29, 0.717) is 23.7 Å². The number of aromatic amines is 1. The van der Waals surface area contributed by atoms with E-state index in [1.807, 2.05) is 30.3 Å². The number of ether oxygens (including phenoxy) is 2. The topological polar surface area (TPSA) is 93.5 Å².